The van der Waals surface area contributed by atoms with Crippen LogP contribution in [0.5, 0.6) is 0 Å². The molecule has 0 aromatic rings. The van der Waals surface area contributed by atoms with Gasteiger partial charge in [0.15, 0.2) is 0 Å². The summed E-state index contributed by atoms with van der Waals surface area (Å²) in [4.78, 5) is 8.90. The van der Waals surface area contributed by atoms with E-state index in [9.17, 15) is 18.3 Å². The fraction of sp³-hybridized carbons (Fsp3) is 0.889. The van der Waals surface area contributed by atoms with Gasteiger partial charge in [0.25, 0.3) is 0 Å². The van der Waals surface area contributed by atoms with Crippen molar-refractivity contribution >= 4 is 5.97 Å². The van der Waals surface area contributed by atoms with Crippen LogP contribution in [0.4, 0.5) is 13.2 Å². The Balaban J connectivity index is 0.000000293. The number of carboxylic acids is 1. The Labute approximate surface area is 91.5 Å². The molecule has 1 saturated heterocycles. The maximum absolute atomic E-state index is 10.6. The molecule has 0 radical (unpaired) electrons. The van der Waals surface area contributed by atoms with Crippen LogP contribution in [0.3, 0.4) is 0 Å². The lowest BCUT2D eigenvalue weighted by Gasteiger charge is -2.38. The molecule has 1 heterocycles. The molecule has 16 heavy (non-hydrogen) atoms. The number of hydrogen-bond acceptors (Lipinski definition) is 3. The number of hydrogen-bond donors (Lipinski definition) is 3. The quantitative estimate of drug-likeness (QED) is 0.676. The topological polar surface area (TPSA) is 69.6 Å². The van der Waals surface area contributed by atoms with Gasteiger partial charge in [0.1, 0.15) is 0 Å². The van der Waals surface area contributed by atoms with Crippen molar-refractivity contribution in [2.24, 2.45) is 5.92 Å². The van der Waals surface area contributed by atoms with E-state index in [-0.39, 0.29) is 5.60 Å². The van der Waals surface area contributed by atoms with Crippen LogP contribution in [0.1, 0.15) is 20.3 Å². The lowest BCUT2D eigenvalue weighted by molar-refractivity contribution is -0.192. The van der Waals surface area contributed by atoms with E-state index >= 15 is 0 Å². The highest BCUT2D eigenvalue weighted by atomic mass is 19.4. The summed E-state index contributed by atoms with van der Waals surface area (Å²) in [5.74, 6) is -2.15. The molecular formula is C9H16F3NO3. The summed E-state index contributed by atoms with van der Waals surface area (Å²) in [7, 11) is 0. The summed E-state index contributed by atoms with van der Waals surface area (Å²) < 4.78 is 31.7. The predicted octanol–water partition coefficient (Wildman–Crippen LogP) is 1.00. The third kappa shape index (κ3) is 5.92. The monoisotopic (exact) mass is 243 g/mol. The van der Waals surface area contributed by atoms with Crippen LogP contribution in [0, 0.1) is 5.92 Å². The summed E-state index contributed by atoms with van der Waals surface area (Å²) in [6.45, 7) is 5.84. The van der Waals surface area contributed by atoms with Gasteiger partial charge < -0.3 is 15.5 Å². The predicted molar refractivity (Wildman–Crippen MR) is 51.0 cm³/mol. The first-order valence-electron chi connectivity index (χ1n) is 4.80. The van der Waals surface area contributed by atoms with Gasteiger partial charge in [-0.05, 0) is 12.3 Å². The number of carboxylic acid groups (broad SMARTS) is 1. The molecule has 0 saturated carbocycles. The highest BCUT2D eigenvalue weighted by Crippen LogP contribution is 2.20. The van der Waals surface area contributed by atoms with E-state index in [2.05, 4.69) is 19.2 Å². The minimum Gasteiger partial charge on any atom is -0.475 e. The number of alkyl halides is 3. The molecule has 1 aliphatic rings. The van der Waals surface area contributed by atoms with Crippen molar-refractivity contribution < 1.29 is 28.2 Å². The molecule has 4 nitrogen and oxygen atoms in total. The SMILES string of the molecule is CC(C)CC1(O)CNC1.O=C(O)C(F)(F)F. The van der Waals surface area contributed by atoms with Gasteiger partial charge in [0, 0.05) is 13.1 Å². The highest BCUT2D eigenvalue weighted by molar-refractivity contribution is 5.73. The van der Waals surface area contributed by atoms with Crippen molar-refractivity contribution in [2.45, 2.75) is 32.0 Å². The van der Waals surface area contributed by atoms with E-state index in [1.807, 2.05) is 0 Å². The Bertz CT molecular complexity index is 237. The molecule has 0 amide bonds. The van der Waals surface area contributed by atoms with E-state index in [0.717, 1.165) is 19.5 Å². The summed E-state index contributed by atoms with van der Waals surface area (Å²) in [5, 5.41) is 19.7. The average molecular weight is 243 g/mol. The summed E-state index contributed by atoms with van der Waals surface area (Å²) in [6, 6.07) is 0. The molecule has 0 atom stereocenters. The Morgan fingerprint density at radius 1 is 1.44 bits per heavy atom. The molecule has 0 aliphatic carbocycles. The zero-order valence-electron chi connectivity index (χ0n) is 9.14. The van der Waals surface area contributed by atoms with Gasteiger partial charge in [-0.15, -0.1) is 0 Å². The van der Waals surface area contributed by atoms with Crippen molar-refractivity contribution in [3.8, 4) is 0 Å². The van der Waals surface area contributed by atoms with Gasteiger partial charge in [-0.1, -0.05) is 13.8 Å². The van der Waals surface area contributed by atoms with Gasteiger partial charge in [-0.2, -0.15) is 13.2 Å². The normalized spacial score (nSPS) is 18.4. The lowest BCUT2D eigenvalue weighted by Crippen LogP contribution is -2.59. The largest absolute Gasteiger partial charge is 0.490 e. The first-order chi connectivity index (χ1) is 7.07. The molecule has 1 fully saturated rings. The maximum Gasteiger partial charge on any atom is 0.490 e. The Kier molecular flexibility index (Phi) is 5.21. The van der Waals surface area contributed by atoms with Crippen LogP contribution in [-0.4, -0.2) is 41.0 Å². The molecule has 1 aliphatic heterocycles. The minimum absolute atomic E-state index is 0.367. The van der Waals surface area contributed by atoms with Crippen LogP contribution in [0.2, 0.25) is 0 Å². The smallest absolute Gasteiger partial charge is 0.475 e. The van der Waals surface area contributed by atoms with Gasteiger partial charge in [0.2, 0.25) is 0 Å². The molecule has 0 bridgehead atoms. The molecule has 96 valence electrons. The molecule has 0 aromatic heterocycles. The number of aliphatic carboxylic acids is 1. The molecule has 0 spiro atoms. The van der Waals surface area contributed by atoms with Crippen molar-refractivity contribution in [3.05, 3.63) is 0 Å². The van der Waals surface area contributed by atoms with Gasteiger partial charge in [-0.25, -0.2) is 4.79 Å². The molecular weight excluding hydrogens is 227 g/mol. The Morgan fingerprint density at radius 3 is 1.88 bits per heavy atom. The maximum atomic E-state index is 10.6. The van der Waals surface area contributed by atoms with Crippen LogP contribution >= 0.6 is 0 Å². The summed E-state index contributed by atoms with van der Waals surface area (Å²) in [5.41, 5.74) is -0.367. The van der Waals surface area contributed by atoms with E-state index in [0.29, 0.717) is 5.92 Å². The van der Waals surface area contributed by atoms with E-state index in [1.54, 1.807) is 0 Å². The van der Waals surface area contributed by atoms with Crippen molar-refractivity contribution in [2.75, 3.05) is 13.1 Å². The summed E-state index contributed by atoms with van der Waals surface area (Å²) >= 11 is 0. The van der Waals surface area contributed by atoms with Crippen LogP contribution in [-0.2, 0) is 4.79 Å². The standard InChI is InChI=1S/C7H15NO.C2HF3O2/c1-6(2)3-7(9)4-8-5-7;3-2(4,5)1(6)7/h6,8-9H,3-5H2,1-2H3;(H,6,7). The molecule has 0 aromatic carbocycles. The second-order valence-corrected chi connectivity index (χ2v) is 4.23. The number of halogens is 3. The Morgan fingerprint density at radius 2 is 1.81 bits per heavy atom. The van der Waals surface area contributed by atoms with Gasteiger partial charge >= 0.3 is 12.1 Å². The zero-order valence-corrected chi connectivity index (χ0v) is 9.14. The van der Waals surface area contributed by atoms with E-state index in [1.165, 1.54) is 0 Å². The average Bonchev–Trinajstić information content (AvgIpc) is 1.99. The van der Waals surface area contributed by atoms with E-state index < -0.39 is 12.1 Å². The molecule has 7 heteroatoms. The number of aliphatic hydroxyl groups is 1. The van der Waals surface area contributed by atoms with Crippen molar-refractivity contribution in [3.63, 3.8) is 0 Å². The second kappa shape index (κ2) is 5.49. The van der Waals surface area contributed by atoms with Crippen molar-refractivity contribution in [1.82, 2.24) is 5.32 Å². The number of rotatable bonds is 2. The molecule has 0 unspecified atom stereocenters. The number of β-amino-alcohol motifs (C(OH)–C–C–N with tert-alkyl or cyclic N) is 1. The first kappa shape index (κ1) is 15.2. The third-order valence-electron chi connectivity index (χ3n) is 1.94. The first-order valence-corrected chi connectivity index (χ1v) is 4.80. The van der Waals surface area contributed by atoms with Crippen molar-refractivity contribution in [1.29, 1.82) is 0 Å². The zero-order chi connectivity index (χ0) is 13.0. The summed E-state index contributed by atoms with van der Waals surface area (Å²) in [6.07, 6.45) is -4.15. The highest BCUT2D eigenvalue weighted by Gasteiger charge is 2.38. The Hall–Kier alpha value is -0.820. The number of carbonyl (C=O) groups is 1. The van der Waals surface area contributed by atoms with E-state index in [4.69, 9.17) is 9.90 Å². The van der Waals surface area contributed by atoms with Crippen LogP contribution in [0.25, 0.3) is 0 Å². The molecule has 3 N–H and O–H groups in total. The van der Waals surface area contributed by atoms with Gasteiger partial charge in [0.05, 0.1) is 5.60 Å². The fourth-order valence-electron chi connectivity index (χ4n) is 1.32. The minimum atomic E-state index is -5.08. The lowest BCUT2D eigenvalue weighted by atomic mass is 9.87. The molecule has 1 rings (SSSR count). The number of nitrogens with one attached hydrogen (secondary N) is 1. The third-order valence-corrected chi connectivity index (χ3v) is 1.94. The second-order valence-electron chi connectivity index (χ2n) is 4.23. The van der Waals surface area contributed by atoms with Crippen LogP contribution < -0.4 is 5.32 Å². The van der Waals surface area contributed by atoms with Crippen LogP contribution in [0.15, 0.2) is 0 Å². The van der Waals surface area contributed by atoms with Gasteiger partial charge in [-0.3, -0.25) is 0 Å². The fourth-order valence-corrected chi connectivity index (χ4v) is 1.32.